The largest absolute Gasteiger partial charge is 0.478 e. The van der Waals surface area contributed by atoms with Crippen molar-refractivity contribution in [3.05, 3.63) is 39.4 Å². The van der Waals surface area contributed by atoms with Gasteiger partial charge in [-0.2, -0.15) is 0 Å². The van der Waals surface area contributed by atoms with Gasteiger partial charge >= 0.3 is 5.97 Å². The van der Waals surface area contributed by atoms with E-state index in [2.05, 4.69) is 13.8 Å². The van der Waals surface area contributed by atoms with Gasteiger partial charge in [-0.1, -0.05) is 13.8 Å². The molecule has 0 heterocycles. The van der Waals surface area contributed by atoms with E-state index in [1.54, 1.807) is 4.90 Å². The number of hydrogen-bond acceptors (Lipinski definition) is 4. The van der Waals surface area contributed by atoms with Gasteiger partial charge in [-0.3, -0.25) is 14.9 Å². The van der Waals surface area contributed by atoms with Gasteiger partial charge in [0, 0.05) is 30.3 Å². The van der Waals surface area contributed by atoms with Crippen LogP contribution in [0.4, 0.5) is 5.69 Å². The molecular weight excluding hydrogens is 300 g/mol. The first-order valence-corrected chi connectivity index (χ1v) is 7.63. The normalized spacial score (nSPS) is 13.9. The van der Waals surface area contributed by atoms with E-state index in [1.165, 1.54) is 6.07 Å². The standard InChI is InChI=1S/C16H20N2O5/c1-10(2)5-6-17(13-3-4-13)15(19)11-7-12(16(20)21)9-14(8-11)18(22)23/h7-10,13H,3-6H2,1-2H3,(H,20,21). The zero-order valence-electron chi connectivity index (χ0n) is 13.2. The van der Waals surface area contributed by atoms with Crippen LogP contribution in [-0.4, -0.2) is 39.4 Å². The Morgan fingerprint density at radius 1 is 1.30 bits per heavy atom. The number of nitro benzene ring substituents is 1. The van der Waals surface area contributed by atoms with E-state index in [9.17, 15) is 19.7 Å². The van der Waals surface area contributed by atoms with Gasteiger partial charge in [0.25, 0.3) is 11.6 Å². The summed E-state index contributed by atoms with van der Waals surface area (Å²) in [5.74, 6) is -1.19. The Balaban J connectivity index is 2.32. The molecule has 1 fully saturated rings. The molecule has 0 spiro atoms. The predicted octanol–water partition coefficient (Wildman–Crippen LogP) is 2.94. The summed E-state index contributed by atoms with van der Waals surface area (Å²) in [6, 6.07) is 3.49. The smallest absolute Gasteiger partial charge is 0.335 e. The fourth-order valence-corrected chi connectivity index (χ4v) is 2.36. The first-order chi connectivity index (χ1) is 10.8. The third kappa shape index (κ3) is 4.28. The Hall–Kier alpha value is -2.44. The fraction of sp³-hybridized carbons (Fsp3) is 0.500. The van der Waals surface area contributed by atoms with Crippen LogP contribution in [0.1, 0.15) is 53.8 Å². The van der Waals surface area contributed by atoms with Crippen LogP contribution in [0.2, 0.25) is 0 Å². The monoisotopic (exact) mass is 320 g/mol. The molecule has 1 saturated carbocycles. The van der Waals surface area contributed by atoms with Crippen molar-refractivity contribution in [2.45, 2.75) is 39.2 Å². The highest BCUT2D eigenvalue weighted by molar-refractivity contribution is 5.98. The molecule has 124 valence electrons. The summed E-state index contributed by atoms with van der Waals surface area (Å²) in [7, 11) is 0. The van der Waals surface area contributed by atoms with Gasteiger partial charge < -0.3 is 10.0 Å². The minimum absolute atomic E-state index is 0.0623. The van der Waals surface area contributed by atoms with Gasteiger partial charge in [0.1, 0.15) is 0 Å². The summed E-state index contributed by atoms with van der Waals surface area (Å²) >= 11 is 0. The summed E-state index contributed by atoms with van der Waals surface area (Å²) < 4.78 is 0. The Kier molecular flexibility index (Phi) is 4.98. The van der Waals surface area contributed by atoms with Crippen LogP contribution in [0.25, 0.3) is 0 Å². The highest BCUT2D eigenvalue weighted by Crippen LogP contribution is 2.30. The van der Waals surface area contributed by atoms with E-state index < -0.39 is 10.9 Å². The van der Waals surface area contributed by atoms with Crippen LogP contribution in [0, 0.1) is 16.0 Å². The molecule has 23 heavy (non-hydrogen) atoms. The van der Waals surface area contributed by atoms with Crippen LogP contribution >= 0.6 is 0 Å². The van der Waals surface area contributed by atoms with Crippen molar-refractivity contribution in [3.63, 3.8) is 0 Å². The van der Waals surface area contributed by atoms with Crippen LogP contribution < -0.4 is 0 Å². The van der Waals surface area contributed by atoms with E-state index in [0.29, 0.717) is 12.5 Å². The number of carboxylic acid groups (broad SMARTS) is 1. The molecule has 0 atom stereocenters. The lowest BCUT2D eigenvalue weighted by Gasteiger charge is -2.23. The van der Waals surface area contributed by atoms with E-state index in [1.807, 2.05) is 0 Å². The fourth-order valence-electron chi connectivity index (χ4n) is 2.36. The third-order valence-electron chi connectivity index (χ3n) is 3.82. The van der Waals surface area contributed by atoms with Crippen molar-refractivity contribution in [1.82, 2.24) is 4.90 Å². The maximum atomic E-state index is 12.7. The number of carbonyl (C=O) groups is 2. The van der Waals surface area contributed by atoms with Crippen molar-refractivity contribution >= 4 is 17.6 Å². The zero-order valence-corrected chi connectivity index (χ0v) is 13.2. The second kappa shape index (κ2) is 6.76. The topological polar surface area (TPSA) is 101 Å². The van der Waals surface area contributed by atoms with Crippen LogP contribution in [0.5, 0.6) is 0 Å². The molecule has 1 aromatic rings. The molecule has 1 amide bonds. The first-order valence-electron chi connectivity index (χ1n) is 7.63. The van der Waals surface area contributed by atoms with Gasteiger partial charge in [0.15, 0.2) is 0 Å². The molecule has 7 nitrogen and oxygen atoms in total. The van der Waals surface area contributed by atoms with Crippen molar-refractivity contribution in [2.24, 2.45) is 5.92 Å². The Labute approximate surface area is 134 Å². The minimum Gasteiger partial charge on any atom is -0.478 e. The zero-order chi connectivity index (χ0) is 17.1. The Morgan fingerprint density at radius 3 is 2.39 bits per heavy atom. The van der Waals surface area contributed by atoms with Crippen molar-refractivity contribution in [2.75, 3.05) is 6.54 Å². The molecule has 7 heteroatoms. The molecule has 0 aliphatic heterocycles. The van der Waals surface area contributed by atoms with Gasteiger partial charge in [-0.25, -0.2) is 4.79 Å². The van der Waals surface area contributed by atoms with E-state index >= 15 is 0 Å². The van der Waals surface area contributed by atoms with Gasteiger partial charge in [-0.05, 0) is 31.2 Å². The van der Waals surface area contributed by atoms with Crippen molar-refractivity contribution in [1.29, 1.82) is 0 Å². The van der Waals surface area contributed by atoms with Crippen LogP contribution in [0.3, 0.4) is 0 Å². The maximum absolute atomic E-state index is 12.7. The van der Waals surface area contributed by atoms with E-state index in [0.717, 1.165) is 31.4 Å². The first kappa shape index (κ1) is 16.9. The third-order valence-corrected chi connectivity index (χ3v) is 3.82. The number of benzene rings is 1. The lowest BCUT2D eigenvalue weighted by atomic mass is 10.1. The molecule has 1 aliphatic rings. The molecule has 1 aliphatic carbocycles. The molecule has 0 aromatic heterocycles. The quantitative estimate of drug-likeness (QED) is 0.615. The number of nitrogens with zero attached hydrogens (tertiary/aromatic N) is 2. The Bertz CT molecular complexity index is 605. The summed E-state index contributed by atoms with van der Waals surface area (Å²) in [5.41, 5.74) is -0.567. The Morgan fingerprint density at radius 2 is 1.91 bits per heavy atom. The minimum atomic E-state index is -1.29. The second-order valence-electron chi connectivity index (χ2n) is 6.24. The number of carbonyl (C=O) groups excluding carboxylic acids is 1. The number of rotatable bonds is 7. The lowest BCUT2D eigenvalue weighted by Crippen LogP contribution is -2.34. The number of nitro groups is 1. The lowest BCUT2D eigenvalue weighted by molar-refractivity contribution is -0.384. The van der Waals surface area contributed by atoms with Gasteiger partial charge in [0.2, 0.25) is 0 Å². The van der Waals surface area contributed by atoms with Gasteiger partial charge in [0.05, 0.1) is 10.5 Å². The van der Waals surface area contributed by atoms with Crippen LogP contribution in [0.15, 0.2) is 18.2 Å². The summed E-state index contributed by atoms with van der Waals surface area (Å²) in [4.78, 5) is 35.8. The number of hydrogen-bond donors (Lipinski definition) is 1. The van der Waals surface area contributed by atoms with Gasteiger partial charge in [-0.15, -0.1) is 0 Å². The number of carboxylic acids is 1. The number of aromatic carboxylic acids is 1. The number of amides is 1. The molecule has 1 N–H and O–H groups in total. The molecule has 0 unspecified atom stereocenters. The predicted molar refractivity (Wildman–Crippen MR) is 83.6 cm³/mol. The maximum Gasteiger partial charge on any atom is 0.335 e. The average Bonchev–Trinajstić information content (AvgIpc) is 3.31. The van der Waals surface area contributed by atoms with Crippen molar-refractivity contribution < 1.29 is 19.6 Å². The molecule has 0 bridgehead atoms. The van der Waals surface area contributed by atoms with E-state index in [-0.39, 0.29) is 28.8 Å². The number of non-ortho nitro benzene ring substituents is 1. The van der Waals surface area contributed by atoms with Crippen LogP contribution in [-0.2, 0) is 0 Å². The molecule has 2 rings (SSSR count). The highest BCUT2D eigenvalue weighted by atomic mass is 16.6. The summed E-state index contributed by atoms with van der Waals surface area (Å²) in [5, 5.41) is 20.1. The average molecular weight is 320 g/mol. The molecule has 1 aromatic carbocycles. The highest BCUT2D eigenvalue weighted by Gasteiger charge is 2.33. The SMILES string of the molecule is CC(C)CCN(C(=O)c1cc(C(=O)O)cc([N+](=O)[O-])c1)C1CC1. The van der Waals surface area contributed by atoms with Crippen molar-refractivity contribution in [3.8, 4) is 0 Å². The van der Waals surface area contributed by atoms with E-state index in [4.69, 9.17) is 5.11 Å². The molecule has 0 saturated heterocycles. The summed E-state index contributed by atoms with van der Waals surface area (Å²) in [6.07, 6.45) is 2.68. The second-order valence-corrected chi connectivity index (χ2v) is 6.24. The molecular formula is C16H20N2O5. The summed E-state index contributed by atoms with van der Waals surface area (Å²) in [6.45, 7) is 4.70. The molecule has 0 radical (unpaired) electrons.